The average molecular weight is 406 g/mol. The van der Waals surface area contributed by atoms with Gasteiger partial charge in [0.05, 0.1) is 23.2 Å². The highest BCUT2D eigenvalue weighted by molar-refractivity contribution is 5.78. The number of benzene rings is 1. The van der Waals surface area contributed by atoms with Crippen LogP contribution in [-0.4, -0.2) is 29.4 Å². The molecule has 0 aliphatic heterocycles. The minimum Gasteiger partial charge on any atom is -0.460 e. The Balaban J connectivity index is 2.10. The third-order valence-electron chi connectivity index (χ3n) is 5.46. The molecule has 1 saturated carbocycles. The third-order valence-corrected chi connectivity index (χ3v) is 5.46. The van der Waals surface area contributed by atoms with Gasteiger partial charge in [0.2, 0.25) is 0 Å². The van der Waals surface area contributed by atoms with Gasteiger partial charge in [0.15, 0.2) is 23.3 Å². The maximum Gasteiger partial charge on any atom is 0.310 e. The molecule has 0 spiro atoms. The maximum atomic E-state index is 13.7. The van der Waals surface area contributed by atoms with E-state index in [1.165, 1.54) is 0 Å². The molecule has 0 amide bonds. The Morgan fingerprint density at radius 3 is 2.25 bits per heavy atom. The van der Waals surface area contributed by atoms with Gasteiger partial charge in [0.25, 0.3) is 0 Å². The first-order valence-corrected chi connectivity index (χ1v) is 9.16. The van der Waals surface area contributed by atoms with Gasteiger partial charge in [-0.2, -0.15) is 0 Å². The molecule has 8 heteroatoms. The van der Waals surface area contributed by atoms with Crippen molar-refractivity contribution in [2.24, 2.45) is 17.3 Å². The third kappa shape index (κ3) is 4.17. The van der Waals surface area contributed by atoms with E-state index in [1.54, 1.807) is 27.7 Å². The van der Waals surface area contributed by atoms with Gasteiger partial charge in [0.1, 0.15) is 6.61 Å². The summed E-state index contributed by atoms with van der Waals surface area (Å²) in [5.74, 6) is -8.38. The molecule has 0 bridgehead atoms. The van der Waals surface area contributed by atoms with Crippen molar-refractivity contribution >= 4 is 5.97 Å². The predicted molar refractivity (Wildman–Crippen MR) is 93.2 cm³/mol. The quantitative estimate of drug-likeness (QED) is 0.401. The van der Waals surface area contributed by atoms with Gasteiger partial charge in [-0.3, -0.25) is 4.79 Å². The minimum absolute atomic E-state index is 0.0881. The molecule has 28 heavy (non-hydrogen) atoms. The number of rotatable bonds is 8. The van der Waals surface area contributed by atoms with Crippen molar-refractivity contribution in [3.05, 3.63) is 34.9 Å². The van der Waals surface area contributed by atoms with Gasteiger partial charge in [-0.05, 0) is 25.7 Å². The lowest BCUT2D eigenvalue weighted by molar-refractivity contribution is -0.149. The molecule has 1 N–H and O–H groups in total. The molecule has 0 saturated heterocycles. The van der Waals surface area contributed by atoms with Crippen LogP contribution in [0, 0.1) is 40.5 Å². The molecular weight excluding hydrogens is 380 g/mol. The van der Waals surface area contributed by atoms with Gasteiger partial charge in [0, 0.05) is 18.6 Å². The van der Waals surface area contributed by atoms with E-state index >= 15 is 0 Å². The predicted octanol–water partition coefficient (Wildman–Crippen LogP) is 4.12. The number of halogens is 4. The Morgan fingerprint density at radius 1 is 1.21 bits per heavy atom. The second-order valence-electron chi connectivity index (χ2n) is 8.28. The van der Waals surface area contributed by atoms with Gasteiger partial charge in [-0.15, -0.1) is 0 Å². The van der Waals surface area contributed by atoms with Gasteiger partial charge < -0.3 is 14.6 Å². The highest BCUT2D eigenvalue weighted by atomic mass is 19.2. The zero-order valence-electron chi connectivity index (χ0n) is 16.6. The molecular formula is C20H26F4O4. The molecule has 1 aromatic carbocycles. The summed E-state index contributed by atoms with van der Waals surface area (Å²) in [5, 5.41) is 10.7. The number of carbonyl (C=O) groups excluding carboxylic acids is 1. The fourth-order valence-corrected chi connectivity index (χ4v) is 3.58. The summed E-state index contributed by atoms with van der Waals surface area (Å²) >= 11 is 0. The van der Waals surface area contributed by atoms with Crippen LogP contribution in [0.15, 0.2) is 6.07 Å². The summed E-state index contributed by atoms with van der Waals surface area (Å²) in [6.07, 6.45) is -0.219. The number of carbonyl (C=O) groups is 1. The molecule has 1 aliphatic rings. The highest BCUT2D eigenvalue weighted by Gasteiger charge is 2.67. The van der Waals surface area contributed by atoms with Crippen LogP contribution in [0.5, 0.6) is 0 Å². The molecule has 2 rings (SSSR count). The van der Waals surface area contributed by atoms with Crippen LogP contribution in [0.4, 0.5) is 17.6 Å². The monoisotopic (exact) mass is 406 g/mol. The summed E-state index contributed by atoms with van der Waals surface area (Å²) in [5.41, 5.74) is -2.53. The summed E-state index contributed by atoms with van der Waals surface area (Å²) in [6, 6.07) is 0.0881. The molecule has 1 aromatic rings. The standard InChI is InChI=1S/C20H26F4O4/c1-6-7-28-20(4,5)17(25)13-14(19(13,2)3)18(26)27-9-10-15(23)11(21)8-12(22)16(10)24/h8,13-14,17,25H,6-7,9H2,1-5H3. The summed E-state index contributed by atoms with van der Waals surface area (Å²) in [4.78, 5) is 12.4. The topological polar surface area (TPSA) is 55.8 Å². The maximum absolute atomic E-state index is 13.7. The van der Waals surface area contributed by atoms with Crippen LogP contribution in [-0.2, 0) is 20.9 Å². The highest BCUT2D eigenvalue weighted by Crippen LogP contribution is 2.62. The molecule has 1 fully saturated rings. The number of hydrogen-bond donors (Lipinski definition) is 1. The molecule has 158 valence electrons. The van der Waals surface area contributed by atoms with E-state index in [0.717, 1.165) is 6.42 Å². The molecule has 0 radical (unpaired) electrons. The lowest BCUT2D eigenvalue weighted by Gasteiger charge is -2.31. The van der Waals surface area contributed by atoms with Crippen molar-refractivity contribution in [1.29, 1.82) is 0 Å². The Kier molecular flexibility index (Phi) is 6.45. The molecule has 3 unspecified atom stereocenters. The van der Waals surface area contributed by atoms with E-state index in [0.29, 0.717) is 6.61 Å². The second-order valence-corrected chi connectivity index (χ2v) is 8.28. The van der Waals surface area contributed by atoms with Crippen LogP contribution < -0.4 is 0 Å². The Hall–Kier alpha value is -1.67. The van der Waals surface area contributed by atoms with Crippen molar-refractivity contribution < 1.29 is 36.9 Å². The van der Waals surface area contributed by atoms with Crippen LogP contribution in [0.25, 0.3) is 0 Å². The van der Waals surface area contributed by atoms with Gasteiger partial charge >= 0.3 is 5.97 Å². The van der Waals surface area contributed by atoms with Crippen LogP contribution in [0.2, 0.25) is 0 Å². The van der Waals surface area contributed by atoms with Crippen molar-refractivity contribution in [2.45, 2.75) is 59.4 Å². The first kappa shape index (κ1) is 22.6. The fraction of sp³-hybridized carbons (Fsp3) is 0.650. The van der Waals surface area contributed by atoms with E-state index in [-0.39, 0.29) is 6.07 Å². The number of hydrogen-bond acceptors (Lipinski definition) is 4. The first-order valence-electron chi connectivity index (χ1n) is 9.16. The zero-order valence-corrected chi connectivity index (χ0v) is 16.6. The smallest absolute Gasteiger partial charge is 0.310 e. The molecule has 0 heterocycles. The van der Waals surface area contributed by atoms with E-state index in [2.05, 4.69) is 0 Å². The molecule has 3 atom stereocenters. The van der Waals surface area contributed by atoms with E-state index < -0.39 is 70.4 Å². The van der Waals surface area contributed by atoms with Gasteiger partial charge in [-0.1, -0.05) is 20.8 Å². The SMILES string of the molecule is CCCOC(C)(C)C(O)C1C(C(=O)OCc2c(F)c(F)cc(F)c2F)C1(C)C. The number of aliphatic hydroxyl groups excluding tert-OH is 1. The summed E-state index contributed by atoms with van der Waals surface area (Å²) in [7, 11) is 0. The number of aliphatic hydroxyl groups is 1. The molecule has 1 aliphatic carbocycles. The average Bonchev–Trinajstić information content (AvgIpc) is 3.19. The zero-order chi connectivity index (χ0) is 21.4. The van der Waals surface area contributed by atoms with Gasteiger partial charge in [-0.25, -0.2) is 17.6 Å². The molecule has 0 aromatic heterocycles. The van der Waals surface area contributed by atoms with Crippen molar-refractivity contribution in [1.82, 2.24) is 0 Å². The minimum atomic E-state index is -1.60. The van der Waals surface area contributed by atoms with Crippen molar-refractivity contribution in [2.75, 3.05) is 6.61 Å². The van der Waals surface area contributed by atoms with Crippen LogP contribution in [0.1, 0.15) is 46.6 Å². The van der Waals surface area contributed by atoms with Crippen LogP contribution >= 0.6 is 0 Å². The fourth-order valence-electron chi connectivity index (χ4n) is 3.58. The number of esters is 1. The van der Waals surface area contributed by atoms with Crippen molar-refractivity contribution in [3.63, 3.8) is 0 Å². The normalized spacial score (nSPS) is 22.1. The lowest BCUT2D eigenvalue weighted by atomic mass is 9.93. The van der Waals surface area contributed by atoms with E-state index in [4.69, 9.17) is 9.47 Å². The second kappa shape index (κ2) is 7.99. The molecule has 4 nitrogen and oxygen atoms in total. The lowest BCUT2D eigenvalue weighted by Crippen LogP contribution is -2.42. The summed E-state index contributed by atoms with van der Waals surface area (Å²) in [6.45, 7) is 8.36. The van der Waals surface area contributed by atoms with Crippen molar-refractivity contribution in [3.8, 4) is 0 Å². The largest absolute Gasteiger partial charge is 0.460 e. The van der Waals surface area contributed by atoms with E-state index in [1.807, 2.05) is 6.92 Å². The Labute approximate surface area is 161 Å². The Morgan fingerprint density at radius 2 is 1.75 bits per heavy atom. The van der Waals surface area contributed by atoms with Crippen LogP contribution in [0.3, 0.4) is 0 Å². The number of ether oxygens (including phenoxy) is 2. The van der Waals surface area contributed by atoms with E-state index in [9.17, 15) is 27.5 Å². The first-order chi connectivity index (χ1) is 12.9. The Bertz CT molecular complexity index is 722. The summed E-state index contributed by atoms with van der Waals surface area (Å²) < 4.78 is 64.6.